The maximum Gasteiger partial charge on any atom is 0.254 e. The summed E-state index contributed by atoms with van der Waals surface area (Å²) in [7, 11) is 2.00. The average molecular weight is 348 g/mol. The Bertz CT molecular complexity index is 853. The van der Waals surface area contributed by atoms with Crippen LogP contribution in [0.25, 0.3) is 0 Å². The summed E-state index contributed by atoms with van der Waals surface area (Å²) in [6.45, 7) is 0.543. The number of benzene rings is 1. The Labute approximate surface area is 154 Å². The summed E-state index contributed by atoms with van der Waals surface area (Å²) in [6, 6.07) is 11.6. The van der Waals surface area contributed by atoms with Crippen molar-refractivity contribution in [2.24, 2.45) is 7.05 Å². The van der Waals surface area contributed by atoms with Gasteiger partial charge in [0.15, 0.2) is 0 Å². The van der Waals surface area contributed by atoms with E-state index in [1.807, 2.05) is 16.6 Å². The summed E-state index contributed by atoms with van der Waals surface area (Å²) < 4.78 is 1.97. The lowest BCUT2D eigenvalue weighted by Crippen LogP contribution is -2.38. The van der Waals surface area contributed by atoms with Crippen molar-refractivity contribution >= 4 is 5.91 Å². The number of hydrogen-bond acceptors (Lipinski definition) is 3. The first-order chi connectivity index (χ1) is 12.7. The van der Waals surface area contributed by atoms with Gasteiger partial charge in [-0.2, -0.15) is 10.4 Å². The highest BCUT2D eigenvalue weighted by Gasteiger charge is 2.30. The molecule has 0 bridgehead atoms. The third kappa shape index (κ3) is 3.37. The van der Waals surface area contributed by atoms with Gasteiger partial charge >= 0.3 is 0 Å². The van der Waals surface area contributed by atoms with Crippen molar-refractivity contribution in [3.05, 3.63) is 52.8 Å². The molecule has 2 aliphatic carbocycles. The molecule has 1 aromatic carbocycles. The average Bonchev–Trinajstić information content (AvgIpc) is 3.22. The van der Waals surface area contributed by atoms with Gasteiger partial charge in [-0.1, -0.05) is 18.9 Å². The molecule has 0 atom stereocenters. The molecule has 5 heteroatoms. The first-order valence-corrected chi connectivity index (χ1v) is 9.49. The lowest BCUT2D eigenvalue weighted by atomic mass is 10.1. The van der Waals surface area contributed by atoms with Crippen LogP contribution in [0.1, 0.15) is 71.8 Å². The molecule has 1 heterocycles. The maximum absolute atomic E-state index is 13.2. The zero-order valence-electron chi connectivity index (χ0n) is 15.2. The summed E-state index contributed by atoms with van der Waals surface area (Å²) in [5.74, 6) is 0.650. The second-order valence-corrected chi connectivity index (χ2v) is 7.52. The second-order valence-electron chi connectivity index (χ2n) is 7.52. The Morgan fingerprint density at radius 2 is 2.04 bits per heavy atom. The number of carbonyl (C=O) groups is 1. The smallest absolute Gasteiger partial charge is 0.254 e. The predicted octanol–water partition coefficient (Wildman–Crippen LogP) is 3.75. The molecule has 26 heavy (non-hydrogen) atoms. The third-order valence-electron chi connectivity index (χ3n) is 5.56. The van der Waals surface area contributed by atoms with Gasteiger partial charge in [-0.25, -0.2) is 0 Å². The lowest BCUT2D eigenvalue weighted by Gasteiger charge is -2.28. The van der Waals surface area contributed by atoms with Gasteiger partial charge in [-0.05, 0) is 49.9 Å². The lowest BCUT2D eigenvalue weighted by molar-refractivity contribution is 0.0661. The minimum Gasteiger partial charge on any atom is -0.330 e. The number of rotatable bonds is 5. The monoisotopic (exact) mass is 348 g/mol. The van der Waals surface area contributed by atoms with Crippen LogP contribution >= 0.6 is 0 Å². The number of aryl methyl sites for hydroxylation is 1. The Balaban J connectivity index is 1.60. The van der Waals surface area contributed by atoms with Crippen LogP contribution in [0.2, 0.25) is 0 Å². The van der Waals surface area contributed by atoms with Gasteiger partial charge < -0.3 is 4.90 Å². The molecule has 2 aliphatic rings. The predicted molar refractivity (Wildman–Crippen MR) is 98.5 cm³/mol. The molecule has 0 saturated heterocycles. The maximum atomic E-state index is 13.2. The van der Waals surface area contributed by atoms with Gasteiger partial charge in [-0.3, -0.25) is 9.48 Å². The minimum atomic E-state index is 0.00706. The molecule has 1 amide bonds. The fraction of sp³-hybridized carbons (Fsp3) is 0.476. The molecule has 0 radical (unpaired) electrons. The first-order valence-electron chi connectivity index (χ1n) is 9.49. The van der Waals surface area contributed by atoms with Crippen LogP contribution < -0.4 is 0 Å². The zero-order chi connectivity index (χ0) is 18.1. The largest absolute Gasteiger partial charge is 0.330 e. The van der Waals surface area contributed by atoms with Gasteiger partial charge in [0.05, 0.1) is 23.9 Å². The SMILES string of the molecule is Cn1nc(CN(C(=O)c2cccc(C#N)c2)C2CCCC2)cc1C1CC1. The van der Waals surface area contributed by atoms with Crippen molar-refractivity contribution in [3.8, 4) is 6.07 Å². The van der Waals surface area contributed by atoms with E-state index in [0.29, 0.717) is 23.6 Å². The molecule has 1 aromatic heterocycles. The highest BCUT2D eigenvalue weighted by Crippen LogP contribution is 2.40. The Morgan fingerprint density at radius 1 is 1.27 bits per heavy atom. The number of hydrogen-bond donors (Lipinski definition) is 0. The van der Waals surface area contributed by atoms with Crippen LogP contribution in [0.5, 0.6) is 0 Å². The number of aromatic nitrogens is 2. The molecule has 5 nitrogen and oxygen atoms in total. The van der Waals surface area contributed by atoms with Crippen molar-refractivity contribution in [2.75, 3.05) is 0 Å². The van der Waals surface area contributed by atoms with Crippen molar-refractivity contribution in [1.29, 1.82) is 5.26 Å². The molecule has 0 unspecified atom stereocenters. The zero-order valence-corrected chi connectivity index (χ0v) is 15.2. The van der Waals surface area contributed by atoms with Gasteiger partial charge in [0, 0.05) is 30.3 Å². The van der Waals surface area contributed by atoms with E-state index in [2.05, 4.69) is 17.2 Å². The van der Waals surface area contributed by atoms with E-state index in [4.69, 9.17) is 5.26 Å². The van der Waals surface area contributed by atoms with E-state index in [-0.39, 0.29) is 11.9 Å². The molecule has 2 aromatic rings. The Morgan fingerprint density at radius 3 is 2.73 bits per heavy atom. The second kappa shape index (κ2) is 6.95. The van der Waals surface area contributed by atoms with E-state index in [9.17, 15) is 4.79 Å². The van der Waals surface area contributed by atoms with Crippen molar-refractivity contribution in [1.82, 2.24) is 14.7 Å². The van der Waals surface area contributed by atoms with Crippen LogP contribution in [0, 0.1) is 11.3 Å². The normalized spacial score (nSPS) is 17.2. The minimum absolute atomic E-state index is 0.00706. The van der Waals surface area contributed by atoms with Crippen molar-refractivity contribution in [3.63, 3.8) is 0 Å². The number of carbonyl (C=O) groups excluding carboxylic acids is 1. The van der Waals surface area contributed by atoms with Crippen LogP contribution in [-0.2, 0) is 13.6 Å². The first kappa shape index (κ1) is 16.8. The number of amides is 1. The summed E-state index contributed by atoms with van der Waals surface area (Å²) in [4.78, 5) is 15.2. The fourth-order valence-corrected chi connectivity index (χ4v) is 4.03. The topological polar surface area (TPSA) is 61.9 Å². The quantitative estimate of drug-likeness (QED) is 0.826. The van der Waals surface area contributed by atoms with Gasteiger partial charge in [0.1, 0.15) is 0 Å². The fourth-order valence-electron chi connectivity index (χ4n) is 4.03. The summed E-state index contributed by atoms with van der Waals surface area (Å²) in [5, 5.41) is 13.8. The van der Waals surface area contributed by atoms with E-state index in [0.717, 1.165) is 18.5 Å². The van der Waals surface area contributed by atoms with Gasteiger partial charge in [0.2, 0.25) is 0 Å². The summed E-state index contributed by atoms with van der Waals surface area (Å²) >= 11 is 0. The van der Waals surface area contributed by atoms with Gasteiger partial charge in [-0.15, -0.1) is 0 Å². The van der Waals surface area contributed by atoms with Crippen LogP contribution in [-0.4, -0.2) is 26.6 Å². The molecule has 4 rings (SSSR count). The molecule has 134 valence electrons. The number of nitrogens with zero attached hydrogens (tertiary/aromatic N) is 4. The van der Waals surface area contributed by atoms with E-state index < -0.39 is 0 Å². The number of nitriles is 1. The Kier molecular flexibility index (Phi) is 4.50. The van der Waals surface area contributed by atoms with Gasteiger partial charge in [0.25, 0.3) is 5.91 Å². The summed E-state index contributed by atoms with van der Waals surface area (Å²) in [6.07, 6.45) is 6.92. The van der Waals surface area contributed by atoms with Crippen LogP contribution in [0.3, 0.4) is 0 Å². The molecule has 0 N–H and O–H groups in total. The Hall–Kier alpha value is -2.61. The van der Waals surface area contributed by atoms with E-state index in [1.165, 1.54) is 31.4 Å². The molecule has 2 saturated carbocycles. The van der Waals surface area contributed by atoms with E-state index >= 15 is 0 Å². The molecule has 2 fully saturated rings. The summed E-state index contributed by atoms with van der Waals surface area (Å²) in [5.41, 5.74) is 3.36. The van der Waals surface area contributed by atoms with Crippen molar-refractivity contribution in [2.45, 2.75) is 57.0 Å². The highest BCUT2D eigenvalue weighted by molar-refractivity contribution is 5.94. The molecule has 0 aliphatic heterocycles. The van der Waals surface area contributed by atoms with Crippen LogP contribution in [0.15, 0.2) is 30.3 Å². The highest BCUT2D eigenvalue weighted by atomic mass is 16.2. The molecule has 0 spiro atoms. The third-order valence-corrected chi connectivity index (χ3v) is 5.56. The standard InChI is InChI=1S/C21H24N4O/c1-24-20(16-9-10-16)12-18(23-24)14-25(19-7-2-3-8-19)21(26)17-6-4-5-15(11-17)13-22/h4-6,11-12,16,19H,2-3,7-10,14H2,1H3. The van der Waals surface area contributed by atoms with E-state index in [1.54, 1.807) is 24.3 Å². The van der Waals surface area contributed by atoms with Crippen molar-refractivity contribution < 1.29 is 4.79 Å². The molecular formula is C21H24N4O. The van der Waals surface area contributed by atoms with Crippen LogP contribution in [0.4, 0.5) is 0 Å². The molecular weight excluding hydrogens is 324 g/mol.